The molecule has 34 heavy (non-hydrogen) atoms. The highest BCUT2D eigenvalue weighted by Gasteiger charge is 2.54. The summed E-state index contributed by atoms with van der Waals surface area (Å²) in [4.78, 5) is 29.2. The predicted molar refractivity (Wildman–Crippen MR) is 130 cm³/mol. The zero-order chi connectivity index (χ0) is 23.5. The third kappa shape index (κ3) is 4.33. The summed E-state index contributed by atoms with van der Waals surface area (Å²) in [5, 5.41) is 10.0. The monoisotopic (exact) mass is 450 g/mol. The molecule has 5 nitrogen and oxygen atoms in total. The van der Waals surface area contributed by atoms with E-state index in [0.29, 0.717) is 6.54 Å². The molecule has 1 N–H and O–H groups in total. The number of hydrogen-bond acceptors (Lipinski definition) is 3. The number of amides is 2. The van der Waals surface area contributed by atoms with E-state index in [4.69, 9.17) is 0 Å². The molecule has 3 atom stereocenters. The lowest BCUT2D eigenvalue weighted by Crippen LogP contribution is -2.73. The number of aliphatic hydroxyl groups is 1. The van der Waals surface area contributed by atoms with Crippen molar-refractivity contribution in [3.8, 4) is 11.8 Å². The summed E-state index contributed by atoms with van der Waals surface area (Å²) >= 11 is 0. The van der Waals surface area contributed by atoms with Crippen LogP contribution in [0, 0.1) is 11.8 Å². The quantitative estimate of drug-likeness (QED) is 0.622. The highest BCUT2D eigenvalue weighted by atomic mass is 16.3. The number of rotatable bonds is 4. The van der Waals surface area contributed by atoms with Gasteiger partial charge in [-0.2, -0.15) is 0 Å². The average molecular weight is 451 g/mol. The second kappa shape index (κ2) is 9.54. The summed E-state index contributed by atoms with van der Waals surface area (Å²) < 4.78 is 0. The molecule has 3 aromatic carbocycles. The topological polar surface area (TPSA) is 60.9 Å². The molecule has 0 unspecified atom stereocenters. The number of benzene rings is 3. The van der Waals surface area contributed by atoms with Gasteiger partial charge in [0.05, 0.1) is 31.7 Å². The first kappa shape index (κ1) is 21.9. The van der Waals surface area contributed by atoms with Gasteiger partial charge < -0.3 is 14.9 Å². The zero-order valence-corrected chi connectivity index (χ0v) is 18.8. The van der Waals surface area contributed by atoms with Gasteiger partial charge in [-0.05, 0) is 35.4 Å². The van der Waals surface area contributed by atoms with Crippen molar-refractivity contribution in [1.29, 1.82) is 0 Å². The molecule has 2 aliphatic rings. The minimum atomic E-state index is -0.259. The molecule has 2 fully saturated rings. The Morgan fingerprint density at radius 3 is 2.15 bits per heavy atom. The Balaban J connectivity index is 1.31. The van der Waals surface area contributed by atoms with Crippen molar-refractivity contribution in [2.75, 3.05) is 19.7 Å². The van der Waals surface area contributed by atoms with Crippen molar-refractivity contribution < 1.29 is 14.7 Å². The van der Waals surface area contributed by atoms with Gasteiger partial charge in [-0.3, -0.25) is 9.59 Å². The van der Waals surface area contributed by atoms with E-state index in [1.54, 1.807) is 9.80 Å². The Morgan fingerprint density at radius 2 is 1.50 bits per heavy atom. The summed E-state index contributed by atoms with van der Waals surface area (Å²) in [6, 6.07) is 27.0. The number of aliphatic hydroxyl groups excluding tert-OH is 1. The number of nitrogens with zero attached hydrogens (tertiary/aromatic N) is 2. The molecule has 5 heteroatoms. The third-order valence-corrected chi connectivity index (χ3v) is 6.72. The predicted octanol–water partition coefficient (Wildman–Crippen LogP) is 2.83. The van der Waals surface area contributed by atoms with Crippen LogP contribution in [0.25, 0.3) is 0 Å². The summed E-state index contributed by atoms with van der Waals surface area (Å²) in [6.45, 7) is 0.452. The summed E-state index contributed by atoms with van der Waals surface area (Å²) in [5.41, 5.74) is 3.86. The zero-order valence-electron chi connectivity index (χ0n) is 18.8. The van der Waals surface area contributed by atoms with Crippen molar-refractivity contribution >= 4 is 11.8 Å². The lowest BCUT2D eigenvalue weighted by Gasteiger charge is -2.58. The smallest absolute Gasteiger partial charge is 0.242 e. The molecule has 2 amide bonds. The van der Waals surface area contributed by atoms with Crippen LogP contribution in [0.5, 0.6) is 0 Å². The Bertz CT molecular complexity index is 1230. The van der Waals surface area contributed by atoms with Crippen LogP contribution in [-0.4, -0.2) is 58.5 Å². The molecule has 2 heterocycles. The van der Waals surface area contributed by atoms with Gasteiger partial charge in [0.25, 0.3) is 0 Å². The van der Waals surface area contributed by atoms with E-state index >= 15 is 0 Å². The van der Waals surface area contributed by atoms with Crippen LogP contribution in [0.4, 0.5) is 0 Å². The van der Waals surface area contributed by atoms with Crippen molar-refractivity contribution in [2.24, 2.45) is 0 Å². The molecule has 5 rings (SSSR count). The fourth-order valence-corrected chi connectivity index (χ4v) is 5.03. The molecule has 2 aliphatic heterocycles. The second-order valence-electron chi connectivity index (χ2n) is 8.82. The van der Waals surface area contributed by atoms with E-state index in [1.165, 1.54) is 0 Å². The van der Waals surface area contributed by atoms with Crippen LogP contribution >= 0.6 is 0 Å². The van der Waals surface area contributed by atoms with Crippen LogP contribution in [0.3, 0.4) is 0 Å². The first-order chi connectivity index (χ1) is 16.6. The van der Waals surface area contributed by atoms with Crippen LogP contribution in [0.2, 0.25) is 0 Å². The van der Waals surface area contributed by atoms with Gasteiger partial charge in [-0.1, -0.05) is 72.5 Å². The maximum atomic E-state index is 12.9. The van der Waals surface area contributed by atoms with Gasteiger partial charge in [-0.25, -0.2) is 0 Å². The number of hydrogen-bond donors (Lipinski definition) is 1. The van der Waals surface area contributed by atoms with Crippen LogP contribution in [-0.2, 0) is 16.0 Å². The number of carbonyl (C=O) groups excluding carboxylic acids is 2. The Morgan fingerprint density at radius 1 is 0.882 bits per heavy atom. The molecular formula is C29H26N2O3. The Hall–Kier alpha value is -3.88. The lowest BCUT2D eigenvalue weighted by molar-refractivity contribution is -0.166. The Labute approximate surface area is 199 Å². The van der Waals surface area contributed by atoms with E-state index in [-0.39, 0.29) is 49.4 Å². The maximum Gasteiger partial charge on any atom is 0.242 e. The van der Waals surface area contributed by atoms with E-state index in [9.17, 15) is 14.7 Å². The minimum Gasteiger partial charge on any atom is -0.394 e. The third-order valence-electron chi connectivity index (χ3n) is 6.72. The molecular weight excluding hydrogens is 424 g/mol. The average Bonchev–Trinajstić information content (AvgIpc) is 2.86. The van der Waals surface area contributed by atoms with Gasteiger partial charge in [0.2, 0.25) is 11.8 Å². The first-order valence-electron chi connectivity index (χ1n) is 11.5. The lowest BCUT2D eigenvalue weighted by atomic mass is 9.73. The molecule has 0 saturated carbocycles. The van der Waals surface area contributed by atoms with Gasteiger partial charge >= 0.3 is 0 Å². The molecule has 2 saturated heterocycles. The van der Waals surface area contributed by atoms with Crippen LogP contribution in [0.15, 0.2) is 84.9 Å². The van der Waals surface area contributed by atoms with Crippen molar-refractivity contribution in [2.45, 2.75) is 24.4 Å². The molecule has 0 spiro atoms. The van der Waals surface area contributed by atoms with Gasteiger partial charge in [0.1, 0.15) is 0 Å². The molecule has 0 radical (unpaired) electrons. The number of piperazine rings is 1. The highest BCUT2D eigenvalue weighted by molar-refractivity contribution is 5.88. The van der Waals surface area contributed by atoms with E-state index in [2.05, 4.69) is 11.8 Å². The van der Waals surface area contributed by atoms with E-state index in [0.717, 1.165) is 22.3 Å². The fraction of sp³-hybridized carbons (Fsp3) is 0.241. The van der Waals surface area contributed by atoms with Crippen molar-refractivity contribution in [3.63, 3.8) is 0 Å². The maximum absolute atomic E-state index is 12.9. The van der Waals surface area contributed by atoms with Gasteiger partial charge in [0.15, 0.2) is 0 Å². The normalized spacial score (nSPS) is 21.2. The van der Waals surface area contributed by atoms with E-state index in [1.807, 2.05) is 84.9 Å². The molecule has 0 aliphatic carbocycles. The number of carbonyl (C=O) groups is 2. The molecule has 170 valence electrons. The summed E-state index contributed by atoms with van der Waals surface area (Å²) in [6.07, 6.45) is 0.281. The highest BCUT2D eigenvalue weighted by Crippen LogP contribution is 2.43. The molecule has 3 aromatic rings. The van der Waals surface area contributed by atoms with E-state index < -0.39 is 0 Å². The van der Waals surface area contributed by atoms with Crippen LogP contribution in [0.1, 0.15) is 28.2 Å². The van der Waals surface area contributed by atoms with Gasteiger partial charge in [-0.15, -0.1) is 0 Å². The largest absolute Gasteiger partial charge is 0.394 e. The summed E-state index contributed by atoms with van der Waals surface area (Å²) in [5.74, 6) is 6.18. The summed E-state index contributed by atoms with van der Waals surface area (Å²) in [7, 11) is 0. The molecule has 0 aromatic heterocycles. The molecule has 0 bridgehead atoms. The van der Waals surface area contributed by atoms with Gasteiger partial charge in [0, 0.05) is 23.6 Å². The SMILES string of the molecule is O=C(Cc1ccccc1)N1CC(=O)N2[C@H](C1)[C@@H](c1ccc(C#Cc3ccccc3)cc1)[C@@H]2CO. The van der Waals surface area contributed by atoms with Crippen molar-refractivity contribution in [1.82, 2.24) is 9.80 Å². The Kier molecular flexibility index (Phi) is 6.16. The minimum absolute atomic E-state index is 0.0163. The standard InChI is InChI=1S/C29H26N2O3/c32-20-26-29(24-15-13-22(14-16-24)12-11-21-7-3-1-4-8-21)25-18-30(19-28(34)31(25)26)27(33)17-23-9-5-2-6-10-23/h1-10,13-16,25-26,29,32H,17-20H2/t25-,26+,29-/m1/s1. The fourth-order valence-electron chi connectivity index (χ4n) is 5.03. The van der Waals surface area contributed by atoms with Crippen LogP contribution < -0.4 is 0 Å². The second-order valence-corrected chi connectivity index (χ2v) is 8.82. The van der Waals surface area contributed by atoms with Crippen molar-refractivity contribution in [3.05, 3.63) is 107 Å². The first-order valence-corrected chi connectivity index (χ1v) is 11.5. The number of fused-ring (bicyclic) bond motifs is 1.